The number of carboxylic acid groups (broad SMARTS) is 1. The predicted octanol–water partition coefficient (Wildman–Crippen LogP) is 3.74. The van der Waals surface area contributed by atoms with Crippen molar-refractivity contribution in [1.82, 2.24) is 4.98 Å². The Morgan fingerprint density at radius 1 is 1.47 bits per heavy atom. The lowest BCUT2D eigenvalue weighted by atomic mass is 9.90. The van der Waals surface area contributed by atoms with Gasteiger partial charge in [-0.3, -0.25) is 4.79 Å². The topological polar surface area (TPSA) is 62.2 Å². The van der Waals surface area contributed by atoms with Crippen LogP contribution in [0.15, 0.2) is 5.38 Å². The van der Waals surface area contributed by atoms with E-state index in [0.717, 1.165) is 18.0 Å². The summed E-state index contributed by atoms with van der Waals surface area (Å²) in [7, 11) is 0. The lowest BCUT2D eigenvalue weighted by Gasteiger charge is -2.22. The van der Waals surface area contributed by atoms with E-state index < -0.39 is 11.4 Å². The van der Waals surface area contributed by atoms with E-state index >= 15 is 0 Å². The van der Waals surface area contributed by atoms with Gasteiger partial charge in [0, 0.05) is 11.4 Å². The number of nitrogens with one attached hydrogen (secondary N) is 1. The Morgan fingerprint density at radius 3 is 2.53 bits per heavy atom. The molecule has 1 atom stereocenters. The summed E-state index contributed by atoms with van der Waals surface area (Å²) in [6.07, 6.45) is 2.26. The van der Waals surface area contributed by atoms with Gasteiger partial charge in [0.15, 0.2) is 5.13 Å². The molecule has 0 bridgehead atoms. The largest absolute Gasteiger partial charge is 0.481 e. The molecule has 0 aliphatic heterocycles. The van der Waals surface area contributed by atoms with E-state index in [9.17, 15) is 9.90 Å². The average Bonchev–Trinajstić information content (AvgIpc) is 2.79. The summed E-state index contributed by atoms with van der Waals surface area (Å²) in [6.45, 7) is 9.89. The van der Waals surface area contributed by atoms with Crippen molar-refractivity contribution in [2.45, 2.75) is 58.9 Å². The minimum atomic E-state index is -0.936. The maximum atomic E-state index is 11.2. The van der Waals surface area contributed by atoms with Gasteiger partial charge in [0.05, 0.1) is 5.69 Å². The molecule has 5 heteroatoms. The summed E-state index contributed by atoms with van der Waals surface area (Å²) in [4.78, 5) is 15.6. The zero-order valence-electron chi connectivity index (χ0n) is 12.4. The molecular formula is C14H24N2O2S. The number of hydrogen-bond acceptors (Lipinski definition) is 4. The highest BCUT2D eigenvalue weighted by Crippen LogP contribution is 2.28. The smallest absolute Gasteiger partial charge is 0.315 e. The molecular weight excluding hydrogens is 260 g/mol. The summed E-state index contributed by atoms with van der Waals surface area (Å²) >= 11 is 1.47. The number of aromatic nitrogens is 1. The average molecular weight is 284 g/mol. The first-order valence-electron chi connectivity index (χ1n) is 6.78. The molecule has 0 amide bonds. The molecule has 0 spiro atoms. The minimum absolute atomic E-state index is 0.349. The Bertz CT molecular complexity index is 425. The van der Waals surface area contributed by atoms with Gasteiger partial charge in [-0.05, 0) is 26.7 Å². The van der Waals surface area contributed by atoms with Crippen LogP contribution in [0.2, 0.25) is 0 Å². The summed E-state index contributed by atoms with van der Waals surface area (Å²) in [5.74, 6) is -0.239. The van der Waals surface area contributed by atoms with E-state index in [-0.39, 0.29) is 0 Å². The molecule has 1 aromatic heterocycles. The number of nitrogens with zero attached hydrogens (tertiary/aromatic N) is 1. The van der Waals surface area contributed by atoms with Gasteiger partial charge >= 0.3 is 5.97 Å². The van der Waals surface area contributed by atoms with E-state index in [1.165, 1.54) is 11.3 Å². The maximum absolute atomic E-state index is 11.2. The molecule has 4 nitrogen and oxygen atoms in total. The molecule has 0 aliphatic carbocycles. The number of thiazole rings is 1. The van der Waals surface area contributed by atoms with E-state index in [2.05, 4.69) is 31.1 Å². The Kier molecular flexibility index (Phi) is 5.35. The van der Waals surface area contributed by atoms with E-state index in [4.69, 9.17) is 0 Å². The van der Waals surface area contributed by atoms with Crippen LogP contribution in [0.3, 0.4) is 0 Å². The van der Waals surface area contributed by atoms with Crippen LogP contribution in [0.1, 0.15) is 53.2 Å². The van der Waals surface area contributed by atoms with Crippen LogP contribution in [0.25, 0.3) is 0 Å². The maximum Gasteiger partial charge on any atom is 0.315 e. The van der Waals surface area contributed by atoms with Crippen molar-refractivity contribution in [3.63, 3.8) is 0 Å². The molecule has 2 N–H and O–H groups in total. The Hall–Kier alpha value is -1.10. The first-order valence-corrected chi connectivity index (χ1v) is 7.66. The quantitative estimate of drug-likeness (QED) is 0.800. The fraction of sp³-hybridized carbons (Fsp3) is 0.714. The van der Waals surface area contributed by atoms with Gasteiger partial charge in [-0.25, -0.2) is 4.98 Å². The minimum Gasteiger partial charge on any atom is -0.481 e. The van der Waals surface area contributed by atoms with Crippen molar-refractivity contribution in [3.05, 3.63) is 11.1 Å². The molecule has 1 aromatic rings. The molecule has 0 radical (unpaired) electrons. The molecule has 0 aliphatic rings. The van der Waals surface area contributed by atoms with Crippen molar-refractivity contribution in [2.75, 3.05) is 5.32 Å². The van der Waals surface area contributed by atoms with Crippen molar-refractivity contribution in [1.29, 1.82) is 0 Å². The molecule has 0 saturated carbocycles. The summed E-state index contributed by atoms with van der Waals surface area (Å²) in [5, 5.41) is 15.2. The SMILES string of the molecule is CCC(CC)C(C)Nc1nc(C(C)(C)C(=O)O)cs1. The van der Waals surface area contributed by atoms with Crippen LogP contribution >= 0.6 is 11.3 Å². The van der Waals surface area contributed by atoms with Crippen LogP contribution in [0.4, 0.5) is 5.13 Å². The first-order chi connectivity index (χ1) is 8.82. The van der Waals surface area contributed by atoms with Crippen molar-refractivity contribution in [2.24, 2.45) is 5.92 Å². The molecule has 0 aromatic carbocycles. The molecule has 1 unspecified atom stereocenters. The van der Waals surface area contributed by atoms with E-state index in [1.807, 2.05) is 5.38 Å². The Morgan fingerprint density at radius 2 is 2.05 bits per heavy atom. The van der Waals surface area contributed by atoms with Gasteiger partial charge in [0.25, 0.3) is 0 Å². The summed E-state index contributed by atoms with van der Waals surface area (Å²) in [5.41, 5.74) is -0.321. The molecule has 19 heavy (non-hydrogen) atoms. The molecule has 0 saturated heterocycles. The normalized spacial score (nSPS) is 13.6. The van der Waals surface area contributed by atoms with Gasteiger partial charge in [0.1, 0.15) is 5.41 Å². The van der Waals surface area contributed by atoms with Crippen LogP contribution in [-0.4, -0.2) is 22.1 Å². The fourth-order valence-electron chi connectivity index (χ4n) is 2.05. The number of carbonyl (C=O) groups is 1. The van der Waals surface area contributed by atoms with Gasteiger partial charge < -0.3 is 10.4 Å². The van der Waals surface area contributed by atoms with Crippen LogP contribution in [0.5, 0.6) is 0 Å². The second kappa shape index (κ2) is 6.37. The number of aliphatic carboxylic acids is 1. The highest BCUT2D eigenvalue weighted by atomic mass is 32.1. The standard InChI is InChI=1S/C14H24N2O2S/c1-6-10(7-2)9(3)15-13-16-11(8-19-13)14(4,5)12(17)18/h8-10H,6-7H2,1-5H3,(H,15,16)(H,17,18). The van der Waals surface area contributed by atoms with Crippen molar-refractivity contribution < 1.29 is 9.90 Å². The van der Waals surface area contributed by atoms with Gasteiger partial charge in [-0.2, -0.15) is 0 Å². The first kappa shape index (κ1) is 16.0. The van der Waals surface area contributed by atoms with Gasteiger partial charge in [-0.15, -0.1) is 11.3 Å². The van der Waals surface area contributed by atoms with Crippen LogP contribution in [-0.2, 0) is 10.2 Å². The Balaban J connectivity index is 2.78. The van der Waals surface area contributed by atoms with Gasteiger partial charge in [0.2, 0.25) is 0 Å². The van der Waals surface area contributed by atoms with Gasteiger partial charge in [-0.1, -0.05) is 26.7 Å². The molecule has 1 rings (SSSR count). The summed E-state index contributed by atoms with van der Waals surface area (Å²) < 4.78 is 0. The highest BCUT2D eigenvalue weighted by Gasteiger charge is 2.32. The monoisotopic (exact) mass is 284 g/mol. The lowest BCUT2D eigenvalue weighted by Crippen LogP contribution is -2.29. The fourth-order valence-corrected chi connectivity index (χ4v) is 3.02. The number of hydrogen-bond donors (Lipinski definition) is 2. The zero-order valence-corrected chi connectivity index (χ0v) is 13.2. The van der Waals surface area contributed by atoms with Crippen LogP contribution < -0.4 is 5.32 Å². The van der Waals surface area contributed by atoms with Crippen molar-refractivity contribution in [3.8, 4) is 0 Å². The third-order valence-corrected chi connectivity index (χ3v) is 4.56. The predicted molar refractivity (Wildman–Crippen MR) is 79.9 cm³/mol. The summed E-state index contributed by atoms with van der Waals surface area (Å²) in [6, 6.07) is 0.349. The van der Waals surface area contributed by atoms with Crippen LogP contribution in [0, 0.1) is 5.92 Å². The zero-order chi connectivity index (χ0) is 14.6. The third-order valence-electron chi connectivity index (χ3n) is 3.79. The molecule has 1 heterocycles. The molecule has 108 valence electrons. The number of carboxylic acids is 1. The Labute approximate surface area is 119 Å². The van der Waals surface area contributed by atoms with E-state index in [0.29, 0.717) is 17.7 Å². The van der Waals surface area contributed by atoms with E-state index in [1.54, 1.807) is 13.8 Å². The third kappa shape index (κ3) is 3.69. The second-order valence-corrected chi connectivity index (χ2v) is 6.34. The second-order valence-electron chi connectivity index (χ2n) is 5.48. The number of rotatable bonds is 7. The number of anilines is 1. The van der Waals surface area contributed by atoms with Crippen molar-refractivity contribution >= 4 is 22.4 Å². The highest BCUT2D eigenvalue weighted by molar-refractivity contribution is 7.13. The lowest BCUT2D eigenvalue weighted by molar-refractivity contribution is -0.142. The molecule has 0 fully saturated rings.